The minimum absolute atomic E-state index is 0.0511. The number of rotatable bonds is 5. The lowest BCUT2D eigenvalue weighted by atomic mass is 10.5. The lowest BCUT2D eigenvalue weighted by molar-refractivity contribution is -0.902. The van der Waals surface area contributed by atoms with Crippen molar-refractivity contribution in [1.82, 2.24) is 0 Å². The third-order valence-electron chi connectivity index (χ3n) is 1.27. The van der Waals surface area contributed by atoms with E-state index < -0.39 is 17.1 Å². The summed E-state index contributed by atoms with van der Waals surface area (Å²) in [6.07, 6.45) is 0. The molecule has 0 heterocycles. The molecule has 7 heteroatoms. The first-order valence-electron chi connectivity index (χ1n) is 3.32. The van der Waals surface area contributed by atoms with E-state index in [1.165, 1.54) is 0 Å². The summed E-state index contributed by atoms with van der Waals surface area (Å²) >= 11 is 0. The van der Waals surface area contributed by atoms with Crippen molar-refractivity contribution in [3.05, 3.63) is 0 Å². The number of halogens is 1. The molecule has 0 fully saturated rings. The highest BCUT2D eigenvalue weighted by Gasteiger charge is 2.15. The molecular weight excluding hydrogens is 187 g/mol. The maximum atomic E-state index is 12.1. The SMILES string of the molecule is C[N+](C)(CF)CCOS(N)(=O)=O. The van der Waals surface area contributed by atoms with Gasteiger partial charge in [-0.25, -0.2) is 5.14 Å². The minimum Gasteiger partial charge on any atom is -0.300 e. The van der Waals surface area contributed by atoms with Crippen molar-refractivity contribution in [3.63, 3.8) is 0 Å². The van der Waals surface area contributed by atoms with Crippen LogP contribution in [-0.2, 0) is 14.5 Å². The number of hydrogen-bond donors (Lipinski definition) is 1. The standard InChI is InChI=1S/C5H14FN2O3S/c1-8(2,5-6)3-4-11-12(7,9)10/h3-5H2,1-2H3,(H2,7,9,10)/q+1. The molecule has 5 nitrogen and oxygen atoms in total. The summed E-state index contributed by atoms with van der Waals surface area (Å²) in [5.74, 6) is 0. The van der Waals surface area contributed by atoms with Crippen molar-refractivity contribution >= 4 is 10.3 Å². The van der Waals surface area contributed by atoms with E-state index in [9.17, 15) is 12.8 Å². The monoisotopic (exact) mass is 201 g/mol. The van der Waals surface area contributed by atoms with Crippen molar-refractivity contribution in [2.75, 3.05) is 34.0 Å². The fraction of sp³-hybridized carbons (Fsp3) is 1.00. The van der Waals surface area contributed by atoms with E-state index in [2.05, 4.69) is 9.32 Å². The third kappa shape index (κ3) is 6.47. The van der Waals surface area contributed by atoms with Gasteiger partial charge < -0.3 is 4.48 Å². The summed E-state index contributed by atoms with van der Waals surface area (Å²) in [4.78, 5) is 0. The lowest BCUT2D eigenvalue weighted by Crippen LogP contribution is -2.42. The van der Waals surface area contributed by atoms with E-state index in [1.54, 1.807) is 14.1 Å². The molecule has 0 aliphatic heterocycles. The molecule has 0 aromatic heterocycles. The molecule has 0 amide bonds. The van der Waals surface area contributed by atoms with Crippen LogP contribution in [0.1, 0.15) is 0 Å². The van der Waals surface area contributed by atoms with Crippen molar-refractivity contribution in [1.29, 1.82) is 0 Å². The molecule has 0 spiro atoms. The average molecular weight is 201 g/mol. The molecule has 2 N–H and O–H groups in total. The largest absolute Gasteiger partial charge is 0.333 e. The van der Waals surface area contributed by atoms with Gasteiger partial charge in [-0.1, -0.05) is 0 Å². The van der Waals surface area contributed by atoms with Gasteiger partial charge >= 0.3 is 10.3 Å². The molecule has 12 heavy (non-hydrogen) atoms. The molecule has 0 bridgehead atoms. The maximum absolute atomic E-state index is 12.1. The fourth-order valence-corrected chi connectivity index (χ4v) is 0.767. The van der Waals surface area contributed by atoms with Gasteiger partial charge in [0.2, 0.25) is 6.80 Å². The second-order valence-electron chi connectivity index (χ2n) is 3.09. The van der Waals surface area contributed by atoms with Gasteiger partial charge in [-0.05, 0) is 0 Å². The predicted molar refractivity (Wildman–Crippen MR) is 42.0 cm³/mol. The van der Waals surface area contributed by atoms with Crippen LogP contribution in [0.15, 0.2) is 0 Å². The summed E-state index contributed by atoms with van der Waals surface area (Å²) in [6, 6.07) is 0. The highest BCUT2D eigenvalue weighted by Crippen LogP contribution is 1.96. The van der Waals surface area contributed by atoms with Crippen LogP contribution in [0, 0.1) is 0 Å². The molecule has 0 aromatic carbocycles. The van der Waals surface area contributed by atoms with Crippen molar-refractivity contribution < 1.29 is 21.5 Å². The van der Waals surface area contributed by atoms with Crippen molar-refractivity contribution in [3.8, 4) is 0 Å². The fourth-order valence-electron chi connectivity index (χ4n) is 0.460. The number of alkyl halides is 1. The zero-order chi connectivity index (χ0) is 9.83. The molecule has 74 valence electrons. The van der Waals surface area contributed by atoms with E-state index in [4.69, 9.17) is 0 Å². The number of quaternary nitrogens is 1. The Kier molecular flexibility index (Phi) is 4.04. The summed E-state index contributed by atoms with van der Waals surface area (Å²) in [5.41, 5.74) is 0. The van der Waals surface area contributed by atoms with Gasteiger partial charge in [-0.2, -0.15) is 12.8 Å². The summed E-state index contributed by atoms with van der Waals surface area (Å²) in [7, 11) is -0.652. The van der Waals surface area contributed by atoms with Gasteiger partial charge in [0.05, 0.1) is 14.1 Å². The normalized spacial score (nSPS) is 13.3. The summed E-state index contributed by atoms with van der Waals surface area (Å²) in [5, 5.41) is 4.56. The zero-order valence-corrected chi connectivity index (χ0v) is 7.97. The van der Waals surface area contributed by atoms with Gasteiger partial charge in [0.15, 0.2) is 0 Å². The first-order valence-corrected chi connectivity index (χ1v) is 4.79. The Morgan fingerprint density at radius 1 is 1.50 bits per heavy atom. The number of nitrogens with two attached hydrogens (primary N) is 1. The van der Waals surface area contributed by atoms with Crippen LogP contribution in [0.4, 0.5) is 4.39 Å². The zero-order valence-electron chi connectivity index (χ0n) is 7.16. The van der Waals surface area contributed by atoms with E-state index in [0.717, 1.165) is 0 Å². The van der Waals surface area contributed by atoms with Gasteiger partial charge in [0.25, 0.3) is 0 Å². The second-order valence-corrected chi connectivity index (χ2v) is 4.31. The Balaban J connectivity index is 3.72. The van der Waals surface area contributed by atoms with Crippen LogP contribution >= 0.6 is 0 Å². The van der Waals surface area contributed by atoms with Gasteiger partial charge in [0.1, 0.15) is 13.2 Å². The summed E-state index contributed by atoms with van der Waals surface area (Å²) in [6.45, 7) is -0.420. The molecule has 0 atom stereocenters. The Morgan fingerprint density at radius 2 is 2.00 bits per heavy atom. The Hall–Kier alpha value is -0.240. The average Bonchev–Trinajstić information content (AvgIpc) is 1.84. The Labute approximate surface area is 71.8 Å². The van der Waals surface area contributed by atoms with E-state index >= 15 is 0 Å². The smallest absolute Gasteiger partial charge is 0.300 e. The van der Waals surface area contributed by atoms with Crippen LogP contribution in [0.5, 0.6) is 0 Å². The van der Waals surface area contributed by atoms with Crippen LogP contribution in [0.25, 0.3) is 0 Å². The van der Waals surface area contributed by atoms with Gasteiger partial charge in [-0.3, -0.25) is 4.18 Å². The molecule has 0 aliphatic rings. The quantitative estimate of drug-likeness (QED) is 0.468. The molecule has 0 aromatic rings. The van der Waals surface area contributed by atoms with E-state index in [0.29, 0.717) is 0 Å². The highest BCUT2D eigenvalue weighted by atomic mass is 32.2. The number of hydrogen-bond acceptors (Lipinski definition) is 3. The van der Waals surface area contributed by atoms with Gasteiger partial charge in [0, 0.05) is 0 Å². The van der Waals surface area contributed by atoms with Crippen LogP contribution in [0.2, 0.25) is 0 Å². The van der Waals surface area contributed by atoms with Gasteiger partial charge in [-0.15, -0.1) is 0 Å². The molecule has 0 aliphatic carbocycles. The lowest BCUT2D eigenvalue weighted by Gasteiger charge is -2.24. The molecule has 0 radical (unpaired) electrons. The van der Waals surface area contributed by atoms with Crippen LogP contribution in [0.3, 0.4) is 0 Å². The third-order valence-corrected chi connectivity index (χ3v) is 1.76. The number of nitrogens with zero attached hydrogens (tertiary/aromatic N) is 1. The Bertz CT molecular complexity index is 227. The molecular formula is C5H14FN2O3S+. The van der Waals surface area contributed by atoms with Crippen molar-refractivity contribution in [2.45, 2.75) is 0 Å². The highest BCUT2D eigenvalue weighted by molar-refractivity contribution is 7.84. The second kappa shape index (κ2) is 4.13. The van der Waals surface area contributed by atoms with E-state index in [1.807, 2.05) is 0 Å². The maximum Gasteiger partial charge on any atom is 0.333 e. The van der Waals surface area contributed by atoms with Crippen LogP contribution in [-0.4, -0.2) is 46.9 Å². The Morgan fingerprint density at radius 3 is 2.33 bits per heavy atom. The predicted octanol–water partition coefficient (Wildman–Crippen LogP) is -0.790. The minimum atomic E-state index is -3.89. The number of likely N-dealkylation sites (N-methyl/N-ethyl adjacent to an activating group) is 1. The van der Waals surface area contributed by atoms with Crippen molar-refractivity contribution in [2.24, 2.45) is 5.14 Å². The molecule has 0 unspecified atom stereocenters. The first-order chi connectivity index (χ1) is 5.27. The topological polar surface area (TPSA) is 69.4 Å². The molecule has 0 rings (SSSR count). The summed E-state index contributed by atoms with van der Waals surface area (Å²) < 4.78 is 36.9. The van der Waals surface area contributed by atoms with Crippen LogP contribution < -0.4 is 5.14 Å². The first kappa shape index (κ1) is 11.8. The van der Waals surface area contributed by atoms with E-state index in [-0.39, 0.29) is 17.6 Å². The molecule has 0 saturated carbocycles. The molecule has 0 saturated heterocycles.